The highest BCUT2D eigenvalue weighted by Gasteiger charge is 2.06. The Morgan fingerprint density at radius 1 is 0.857 bits per heavy atom. The Hall–Kier alpha value is -2.39. The molecule has 0 unspecified atom stereocenters. The number of ether oxygens (including phenoxy) is 1. The van der Waals surface area contributed by atoms with E-state index < -0.39 is 0 Å². The van der Waals surface area contributed by atoms with E-state index in [-0.39, 0.29) is 0 Å². The molecule has 0 fully saturated rings. The molecule has 0 N–H and O–H groups in total. The van der Waals surface area contributed by atoms with E-state index in [9.17, 15) is 0 Å². The Labute approximate surface area is 128 Å². The molecule has 0 aliphatic heterocycles. The number of rotatable bonds is 4. The molecule has 21 heavy (non-hydrogen) atoms. The molecule has 3 rings (SSSR count). The Morgan fingerprint density at radius 2 is 1.52 bits per heavy atom. The van der Waals surface area contributed by atoms with Crippen LogP contribution >= 0.6 is 11.6 Å². The SMILES string of the molecule is Clc1cc(OCc2ccccc2)nc(-c2ccccc2)n1. The van der Waals surface area contributed by atoms with Gasteiger partial charge in [0.2, 0.25) is 5.88 Å². The van der Waals surface area contributed by atoms with Crippen LogP contribution in [0.15, 0.2) is 66.7 Å². The van der Waals surface area contributed by atoms with Crippen LogP contribution in [0.3, 0.4) is 0 Å². The molecule has 0 aliphatic carbocycles. The lowest BCUT2D eigenvalue weighted by molar-refractivity contribution is 0.294. The highest BCUT2D eigenvalue weighted by atomic mass is 35.5. The van der Waals surface area contributed by atoms with Gasteiger partial charge in [0.25, 0.3) is 0 Å². The van der Waals surface area contributed by atoms with Gasteiger partial charge >= 0.3 is 0 Å². The van der Waals surface area contributed by atoms with Crippen molar-refractivity contribution in [1.82, 2.24) is 9.97 Å². The molecule has 0 amide bonds. The van der Waals surface area contributed by atoms with Gasteiger partial charge in [-0.05, 0) is 5.56 Å². The number of hydrogen-bond acceptors (Lipinski definition) is 3. The Morgan fingerprint density at radius 3 is 2.24 bits per heavy atom. The maximum atomic E-state index is 6.05. The molecule has 2 aromatic carbocycles. The molecular formula is C17H13ClN2O. The molecule has 3 nitrogen and oxygen atoms in total. The molecule has 104 valence electrons. The second kappa shape index (κ2) is 6.37. The molecule has 0 saturated heterocycles. The minimum atomic E-state index is 0.368. The van der Waals surface area contributed by atoms with Gasteiger partial charge < -0.3 is 4.74 Å². The zero-order valence-corrected chi connectivity index (χ0v) is 12.0. The highest BCUT2D eigenvalue weighted by molar-refractivity contribution is 6.29. The molecule has 0 atom stereocenters. The summed E-state index contributed by atoms with van der Waals surface area (Å²) in [5.41, 5.74) is 1.98. The number of halogens is 1. The Kier molecular flexibility index (Phi) is 4.12. The monoisotopic (exact) mass is 296 g/mol. The molecule has 0 saturated carbocycles. The standard InChI is InChI=1S/C17H13ClN2O/c18-15-11-16(21-12-13-7-3-1-4-8-13)20-17(19-15)14-9-5-2-6-10-14/h1-11H,12H2. The first-order valence-corrected chi connectivity index (χ1v) is 6.96. The second-order valence-corrected chi connectivity index (χ2v) is 4.88. The van der Waals surface area contributed by atoms with Crippen LogP contribution in [-0.4, -0.2) is 9.97 Å². The van der Waals surface area contributed by atoms with E-state index in [4.69, 9.17) is 16.3 Å². The van der Waals surface area contributed by atoms with E-state index >= 15 is 0 Å². The molecule has 0 bridgehead atoms. The maximum Gasteiger partial charge on any atom is 0.218 e. The van der Waals surface area contributed by atoms with Gasteiger partial charge in [0.15, 0.2) is 5.82 Å². The van der Waals surface area contributed by atoms with Crippen LogP contribution in [-0.2, 0) is 6.61 Å². The number of nitrogens with zero attached hydrogens (tertiary/aromatic N) is 2. The van der Waals surface area contributed by atoms with Gasteiger partial charge in [-0.15, -0.1) is 0 Å². The molecule has 1 aromatic heterocycles. The molecule has 1 heterocycles. The van der Waals surface area contributed by atoms with Crippen LogP contribution in [0, 0.1) is 0 Å². The first-order chi connectivity index (χ1) is 10.3. The summed E-state index contributed by atoms with van der Waals surface area (Å²) in [6, 6.07) is 21.2. The molecule has 0 radical (unpaired) electrons. The van der Waals surface area contributed by atoms with Crippen LogP contribution in [0.25, 0.3) is 11.4 Å². The number of benzene rings is 2. The summed E-state index contributed by atoms with van der Waals surface area (Å²) in [6.45, 7) is 0.447. The third-order valence-electron chi connectivity index (χ3n) is 2.93. The minimum Gasteiger partial charge on any atom is -0.473 e. The molecule has 0 spiro atoms. The van der Waals surface area contributed by atoms with Crippen molar-refractivity contribution < 1.29 is 4.74 Å². The molecular weight excluding hydrogens is 284 g/mol. The number of aromatic nitrogens is 2. The topological polar surface area (TPSA) is 35.0 Å². The summed E-state index contributed by atoms with van der Waals surface area (Å²) in [5.74, 6) is 1.03. The van der Waals surface area contributed by atoms with Crippen LogP contribution in [0.1, 0.15) is 5.56 Å². The van der Waals surface area contributed by atoms with Gasteiger partial charge in [0, 0.05) is 11.6 Å². The third kappa shape index (κ3) is 3.58. The van der Waals surface area contributed by atoms with Gasteiger partial charge in [-0.1, -0.05) is 72.3 Å². The van der Waals surface area contributed by atoms with Crippen LogP contribution in [0.4, 0.5) is 0 Å². The normalized spacial score (nSPS) is 10.3. The Bertz CT molecular complexity index is 717. The van der Waals surface area contributed by atoms with Crippen LogP contribution < -0.4 is 4.74 Å². The van der Waals surface area contributed by atoms with Crippen molar-refractivity contribution in [3.05, 3.63) is 77.4 Å². The predicted octanol–water partition coefficient (Wildman–Crippen LogP) is 4.38. The lowest BCUT2D eigenvalue weighted by Gasteiger charge is -2.07. The van der Waals surface area contributed by atoms with Gasteiger partial charge in [-0.2, -0.15) is 4.98 Å². The summed E-state index contributed by atoms with van der Waals surface area (Å²) in [5, 5.41) is 0.368. The van der Waals surface area contributed by atoms with Crippen molar-refractivity contribution >= 4 is 11.6 Å². The fourth-order valence-corrected chi connectivity index (χ4v) is 2.09. The zero-order chi connectivity index (χ0) is 14.5. The van der Waals surface area contributed by atoms with Crippen molar-refractivity contribution in [2.24, 2.45) is 0 Å². The fraction of sp³-hybridized carbons (Fsp3) is 0.0588. The van der Waals surface area contributed by atoms with E-state index in [1.807, 2.05) is 60.7 Å². The summed E-state index contributed by atoms with van der Waals surface area (Å²) in [7, 11) is 0. The minimum absolute atomic E-state index is 0.368. The smallest absolute Gasteiger partial charge is 0.218 e. The third-order valence-corrected chi connectivity index (χ3v) is 3.13. The van der Waals surface area contributed by atoms with Crippen molar-refractivity contribution in [3.63, 3.8) is 0 Å². The Balaban J connectivity index is 1.82. The average Bonchev–Trinajstić information content (AvgIpc) is 2.54. The van der Waals surface area contributed by atoms with Gasteiger partial charge in [-0.25, -0.2) is 4.98 Å². The van der Waals surface area contributed by atoms with Crippen molar-refractivity contribution in [2.75, 3.05) is 0 Å². The quantitative estimate of drug-likeness (QED) is 0.670. The van der Waals surface area contributed by atoms with Crippen LogP contribution in [0.2, 0.25) is 5.15 Å². The number of hydrogen-bond donors (Lipinski definition) is 0. The summed E-state index contributed by atoms with van der Waals surface area (Å²) < 4.78 is 5.70. The van der Waals surface area contributed by atoms with E-state index in [2.05, 4.69) is 9.97 Å². The van der Waals surface area contributed by atoms with Crippen molar-refractivity contribution in [1.29, 1.82) is 0 Å². The largest absolute Gasteiger partial charge is 0.473 e. The first kappa shape index (κ1) is 13.6. The van der Waals surface area contributed by atoms with Gasteiger partial charge in [0.05, 0.1) is 0 Å². The van der Waals surface area contributed by atoms with Crippen molar-refractivity contribution in [2.45, 2.75) is 6.61 Å². The first-order valence-electron chi connectivity index (χ1n) is 6.58. The van der Waals surface area contributed by atoms with Crippen LogP contribution in [0.5, 0.6) is 5.88 Å². The summed E-state index contributed by atoms with van der Waals surface area (Å²) in [4.78, 5) is 8.63. The lowest BCUT2D eigenvalue weighted by atomic mass is 10.2. The zero-order valence-electron chi connectivity index (χ0n) is 11.2. The lowest BCUT2D eigenvalue weighted by Crippen LogP contribution is -1.99. The summed E-state index contributed by atoms with van der Waals surface area (Å²) >= 11 is 6.05. The molecule has 0 aliphatic rings. The van der Waals surface area contributed by atoms with E-state index in [1.165, 1.54) is 0 Å². The van der Waals surface area contributed by atoms with Gasteiger partial charge in [-0.3, -0.25) is 0 Å². The van der Waals surface area contributed by atoms with Crippen molar-refractivity contribution in [3.8, 4) is 17.3 Å². The maximum absolute atomic E-state index is 6.05. The average molecular weight is 297 g/mol. The second-order valence-electron chi connectivity index (χ2n) is 4.49. The molecule has 3 aromatic rings. The molecule has 4 heteroatoms. The van der Waals surface area contributed by atoms with Gasteiger partial charge in [0.1, 0.15) is 11.8 Å². The highest BCUT2D eigenvalue weighted by Crippen LogP contribution is 2.21. The predicted molar refractivity (Wildman–Crippen MR) is 83.3 cm³/mol. The summed E-state index contributed by atoms with van der Waals surface area (Å²) in [6.07, 6.45) is 0. The van der Waals surface area contributed by atoms with E-state index in [0.29, 0.717) is 23.5 Å². The van der Waals surface area contributed by atoms with E-state index in [0.717, 1.165) is 11.1 Å². The van der Waals surface area contributed by atoms with E-state index in [1.54, 1.807) is 6.07 Å². The fourth-order valence-electron chi connectivity index (χ4n) is 1.92.